The van der Waals surface area contributed by atoms with Gasteiger partial charge in [-0.3, -0.25) is 0 Å². The minimum Gasteiger partial charge on any atom is -0.370 e. The SMILES string of the molecule is Bc1cnn2c(NCC3CCCN(C(=O)NCc4ccc(Cl)cc4Cl)C3)cc(-c3ccccc3Cl)nc12. The Hall–Kier alpha value is -2.94. The van der Waals surface area contributed by atoms with Gasteiger partial charge in [0, 0.05) is 59.1 Å². The van der Waals surface area contributed by atoms with E-state index in [4.69, 9.17) is 39.8 Å². The van der Waals surface area contributed by atoms with Gasteiger partial charge in [0.1, 0.15) is 13.7 Å². The van der Waals surface area contributed by atoms with Gasteiger partial charge < -0.3 is 15.5 Å². The molecule has 2 aromatic carbocycles. The summed E-state index contributed by atoms with van der Waals surface area (Å²) in [5.74, 6) is 1.13. The number of hydrogen-bond donors (Lipinski definition) is 2. The van der Waals surface area contributed by atoms with Crippen LogP contribution >= 0.6 is 34.8 Å². The fourth-order valence-corrected chi connectivity index (χ4v) is 5.33. The molecule has 2 N–H and O–H groups in total. The van der Waals surface area contributed by atoms with Gasteiger partial charge in [-0.15, -0.1) is 0 Å². The van der Waals surface area contributed by atoms with Gasteiger partial charge in [0.15, 0.2) is 5.65 Å². The lowest BCUT2D eigenvalue weighted by atomic mass is 9.98. The Labute approximate surface area is 231 Å². The molecule has 2 aromatic heterocycles. The molecule has 190 valence electrons. The summed E-state index contributed by atoms with van der Waals surface area (Å²) in [4.78, 5) is 19.6. The number of aromatic nitrogens is 3. The van der Waals surface area contributed by atoms with E-state index in [0.29, 0.717) is 40.6 Å². The molecule has 1 saturated heterocycles. The third kappa shape index (κ3) is 5.82. The molecule has 11 heteroatoms. The maximum atomic E-state index is 12.9. The molecule has 0 aliphatic carbocycles. The Kier molecular flexibility index (Phi) is 7.79. The van der Waals surface area contributed by atoms with Gasteiger partial charge in [-0.05, 0) is 48.0 Å². The Balaban J connectivity index is 1.26. The summed E-state index contributed by atoms with van der Waals surface area (Å²) < 4.78 is 1.82. The van der Waals surface area contributed by atoms with Crippen LogP contribution in [0.1, 0.15) is 18.4 Å². The average molecular weight is 556 g/mol. The topological polar surface area (TPSA) is 74.6 Å². The largest absolute Gasteiger partial charge is 0.370 e. The minimum absolute atomic E-state index is 0.0919. The number of fused-ring (bicyclic) bond motifs is 1. The maximum Gasteiger partial charge on any atom is 0.317 e. The van der Waals surface area contributed by atoms with Crippen LogP contribution in [0.2, 0.25) is 15.1 Å². The van der Waals surface area contributed by atoms with Crippen LogP contribution in [0.15, 0.2) is 54.7 Å². The predicted molar refractivity (Wildman–Crippen MR) is 153 cm³/mol. The van der Waals surface area contributed by atoms with Crippen molar-refractivity contribution in [2.24, 2.45) is 5.92 Å². The van der Waals surface area contributed by atoms with Crippen molar-refractivity contribution < 1.29 is 4.79 Å². The van der Waals surface area contributed by atoms with Crippen molar-refractivity contribution in [3.8, 4) is 11.3 Å². The summed E-state index contributed by atoms with van der Waals surface area (Å²) in [7, 11) is 1.99. The van der Waals surface area contributed by atoms with Gasteiger partial charge in [0.05, 0.1) is 5.69 Å². The lowest BCUT2D eigenvalue weighted by molar-refractivity contribution is 0.168. The number of nitrogens with one attached hydrogen (secondary N) is 2. The molecule has 0 radical (unpaired) electrons. The van der Waals surface area contributed by atoms with E-state index in [2.05, 4.69) is 15.7 Å². The van der Waals surface area contributed by atoms with Crippen molar-refractivity contribution in [1.29, 1.82) is 0 Å². The van der Waals surface area contributed by atoms with Gasteiger partial charge in [-0.1, -0.05) is 59.1 Å². The molecule has 0 bridgehead atoms. The molecule has 37 heavy (non-hydrogen) atoms. The predicted octanol–water partition coefficient (Wildman–Crippen LogP) is 4.65. The van der Waals surface area contributed by atoms with Crippen molar-refractivity contribution in [2.45, 2.75) is 19.4 Å². The van der Waals surface area contributed by atoms with Crippen LogP contribution in [0.25, 0.3) is 16.9 Å². The van der Waals surface area contributed by atoms with Gasteiger partial charge in [0.2, 0.25) is 0 Å². The number of amides is 2. The van der Waals surface area contributed by atoms with Crippen molar-refractivity contribution in [2.75, 3.05) is 25.0 Å². The summed E-state index contributed by atoms with van der Waals surface area (Å²) in [5, 5.41) is 12.8. The van der Waals surface area contributed by atoms with Crippen LogP contribution in [0.3, 0.4) is 0 Å². The van der Waals surface area contributed by atoms with Gasteiger partial charge in [-0.2, -0.15) is 9.61 Å². The molecular weight excluding hydrogens is 529 g/mol. The molecule has 1 aliphatic rings. The van der Waals surface area contributed by atoms with Crippen LogP contribution in [0.5, 0.6) is 0 Å². The van der Waals surface area contributed by atoms with E-state index in [9.17, 15) is 4.79 Å². The summed E-state index contributed by atoms with van der Waals surface area (Å²) in [5.41, 5.74) is 4.26. The van der Waals surface area contributed by atoms with E-state index in [1.54, 1.807) is 12.1 Å². The number of piperidine rings is 1. The van der Waals surface area contributed by atoms with Crippen LogP contribution in [-0.4, -0.2) is 53.0 Å². The van der Waals surface area contributed by atoms with E-state index < -0.39 is 0 Å². The van der Waals surface area contributed by atoms with Crippen LogP contribution < -0.4 is 16.1 Å². The van der Waals surface area contributed by atoms with Gasteiger partial charge in [0.25, 0.3) is 0 Å². The van der Waals surface area contributed by atoms with Gasteiger partial charge >= 0.3 is 6.03 Å². The second kappa shape index (κ2) is 11.2. The molecule has 0 saturated carbocycles. The number of carbonyl (C=O) groups excluding carboxylic acids is 1. The number of benzene rings is 2. The lowest BCUT2D eigenvalue weighted by Crippen LogP contribution is -2.46. The Morgan fingerprint density at radius 1 is 1.11 bits per heavy atom. The molecule has 0 spiro atoms. The molecule has 7 nitrogen and oxygen atoms in total. The summed E-state index contributed by atoms with van der Waals surface area (Å²) in [6.45, 7) is 2.45. The first kappa shape index (κ1) is 25.7. The molecule has 3 heterocycles. The molecule has 5 rings (SSSR count). The summed E-state index contributed by atoms with van der Waals surface area (Å²) in [6.07, 6.45) is 3.78. The first-order valence-electron chi connectivity index (χ1n) is 12.2. The smallest absolute Gasteiger partial charge is 0.317 e. The Morgan fingerprint density at radius 3 is 2.76 bits per heavy atom. The van der Waals surface area contributed by atoms with Gasteiger partial charge in [-0.25, -0.2) is 9.78 Å². The van der Waals surface area contributed by atoms with Crippen molar-refractivity contribution in [3.63, 3.8) is 0 Å². The molecule has 4 aromatic rings. The van der Waals surface area contributed by atoms with Crippen molar-refractivity contribution in [3.05, 3.63) is 75.4 Å². The molecule has 1 atom stereocenters. The number of hydrogen-bond acceptors (Lipinski definition) is 4. The Morgan fingerprint density at radius 2 is 1.95 bits per heavy atom. The number of likely N-dealkylation sites (tertiary alicyclic amines) is 1. The highest BCUT2D eigenvalue weighted by molar-refractivity contribution is 6.36. The fourth-order valence-electron chi connectivity index (χ4n) is 4.62. The highest BCUT2D eigenvalue weighted by Gasteiger charge is 2.24. The number of rotatable bonds is 6. The highest BCUT2D eigenvalue weighted by atomic mass is 35.5. The van der Waals surface area contributed by atoms with E-state index in [-0.39, 0.29) is 6.03 Å². The quantitative estimate of drug-likeness (QED) is 0.340. The monoisotopic (exact) mass is 554 g/mol. The molecule has 1 aliphatic heterocycles. The van der Waals surface area contributed by atoms with Crippen molar-refractivity contribution in [1.82, 2.24) is 24.8 Å². The minimum atomic E-state index is -0.0919. The van der Waals surface area contributed by atoms with Crippen LogP contribution in [0.4, 0.5) is 10.6 Å². The highest BCUT2D eigenvalue weighted by Crippen LogP contribution is 2.28. The first-order valence-corrected chi connectivity index (χ1v) is 13.3. The standard InChI is InChI=1S/C26H26BCl3N6O/c27-20-14-33-36-24(11-23(34-25(20)36)19-5-1-2-6-21(19)29)31-12-16-4-3-9-35(15-16)26(37)32-13-17-7-8-18(28)10-22(17)30/h1-2,5-8,10-11,14,16,31H,3-4,9,12-13,15,27H2,(H,32,37). The number of anilines is 1. The normalized spacial score (nSPS) is 15.6. The number of nitrogens with zero attached hydrogens (tertiary/aromatic N) is 4. The van der Waals surface area contributed by atoms with Crippen molar-refractivity contribution >= 4 is 65.6 Å². The lowest BCUT2D eigenvalue weighted by Gasteiger charge is -2.33. The molecule has 1 unspecified atom stereocenters. The zero-order valence-electron chi connectivity index (χ0n) is 20.3. The Bertz CT molecular complexity index is 1450. The number of halogens is 3. The maximum absolute atomic E-state index is 12.9. The fraction of sp³-hybridized carbons (Fsp3) is 0.269. The third-order valence-corrected chi connectivity index (χ3v) is 7.54. The van der Waals surface area contributed by atoms with Crippen LogP contribution in [0, 0.1) is 5.92 Å². The summed E-state index contributed by atoms with van der Waals surface area (Å²) >= 11 is 18.7. The summed E-state index contributed by atoms with van der Waals surface area (Å²) in [6, 6.07) is 14.8. The second-order valence-electron chi connectivity index (χ2n) is 9.30. The average Bonchev–Trinajstić information content (AvgIpc) is 3.27. The third-order valence-electron chi connectivity index (χ3n) is 6.62. The van der Waals surface area contributed by atoms with E-state index in [0.717, 1.165) is 53.1 Å². The van der Waals surface area contributed by atoms with Crippen LogP contribution in [-0.2, 0) is 6.54 Å². The number of carbonyl (C=O) groups is 1. The zero-order valence-corrected chi connectivity index (χ0v) is 22.6. The molecule has 2 amide bonds. The first-order chi connectivity index (χ1) is 17.9. The molecular formula is C26H26BCl3N6O. The van der Waals surface area contributed by atoms with E-state index in [1.165, 1.54) is 0 Å². The second-order valence-corrected chi connectivity index (χ2v) is 10.5. The molecule has 1 fully saturated rings. The zero-order chi connectivity index (χ0) is 25.9. The van der Waals surface area contributed by atoms with E-state index in [1.807, 2.05) is 59.9 Å². The van der Waals surface area contributed by atoms with E-state index >= 15 is 0 Å². The number of urea groups is 1.